The Hall–Kier alpha value is -1.75. The maximum absolute atomic E-state index is 10.8. The van der Waals surface area contributed by atoms with Crippen LogP contribution in [0, 0.1) is 0 Å². The highest BCUT2D eigenvalue weighted by Gasteiger charge is 2.14. The molecule has 5 heteroatoms. The van der Waals surface area contributed by atoms with E-state index in [1.807, 2.05) is 0 Å². The van der Waals surface area contributed by atoms with Crippen molar-refractivity contribution in [3.63, 3.8) is 0 Å². The Morgan fingerprint density at radius 1 is 1.37 bits per heavy atom. The second-order valence-corrected chi connectivity index (χ2v) is 4.34. The molecule has 1 aromatic rings. The fourth-order valence-electron chi connectivity index (χ4n) is 1.69. The highest BCUT2D eigenvalue weighted by atomic mass is 16.5. The van der Waals surface area contributed by atoms with E-state index in [2.05, 4.69) is 12.7 Å². The van der Waals surface area contributed by atoms with E-state index in [0.717, 1.165) is 19.3 Å². The largest absolute Gasteiger partial charge is 0.544 e. The van der Waals surface area contributed by atoms with Crippen LogP contribution in [0.5, 0.6) is 11.5 Å². The molecule has 0 aliphatic heterocycles. The first-order valence-corrected chi connectivity index (χ1v) is 6.44. The minimum Gasteiger partial charge on any atom is -0.544 e. The van der Waals surface area contributed by atoms with E-state index >= 15 is 0 Å². The highest BCUT2D eigenvalue weighted by Crippen LogP contribution is 2.29. The van der Waals surface area contributed by atoms with Crippen molar-refractivity contribution in [1.82, 2.24) is 0 Å². The zero-order valence-electron chi connectivity index (χ0n) is 11.5. The van der Waals surface area contributed by atoms with Crippen LogP contribution in [0.25, 0.3) is 0 Å². The Balaban J connectivity index is 2.75. The van der Waals surface area contributed by atoms with Crippen LogP contribution in [-0.4, -0.2) is 19.7 Å². The van der Waals surface area contributed by atoms with Gasteiger partial charge in [0, 0.05) is 5.56 Å². The molecular weight excluding hydrogens is 246 g/mol. The Morgan fingerprint density at radius 3 is 2.68 bits per heavy atom. The lowest BCUT2D eigenvalue weighted by Crippen LogP contribution is -2.61. The summed E-state index contributed by atoms with van der Waals surface area (Å²) in [6.07, 6.45) is 3.23. The third kappa shape index (κ3) is 4.44. The first-order chi connectivity index (χ1) is 9.10. The van der Waals surface area contributed by atoms with E-state index in [1.165, 1.54) is 7.11 Å². The molecule has 0 saturated carbocycles. The van der Waals surface area contributed by atoms with Crippen molar-refractivity contribution in [3.05, 3.63) is 23.8 Å². The summed E-state index contributed by atoms with van der Waals surface area (Å²) in [6.45, 7) is 2.75. The predicted octanol–water partition coefficient (Wildman–Crippen LogP) is 0.297. The summed E-state index contributed by atoms with van der Waals surface area (Å²) >= 11 is 0. The van der Waals surface area contributed by atoms with Crippen LogP contribution in [0.4, 0.5) is 0 Å². The molecule has 0 heterocycles. The molecule has 0 aliphatic carbocycles. The molecular formula is C14H21NO4. The van der Waals surface area contributed by atoms with Crippen molar-refractivity contribution in [1.29, 1.82) is 0 Å². The summed E-state index contributed by atoms with van der Waals surface area (Å²) in [6, 6.07) is 4.10. The van der Waals surface area contributed by atoms with Gasteiger partial charge in [-0.1, -0.05) is 19.8 Å². The number of rotatable bonds is 8. The number of carboxylic acid groups (broad SMARTS) is 1. The standard InChI is InChI=1S/C14H21NO4/c1-3-4-5-8-19-11-7-6-10(9-12(11)18-2)13(15)14(16)17/h6-7,9,13H,3-5,8,15H2,1-2H3,(H,16,17)/t13-/m1/s1. The van der Waals surface area contributed by atoms with Crippen molar-refractivity contribution < 1.29 is 25.1 Å². The molecule has 0 aliphatic rings. The highest BCUT2D eigenvalue weighted by molar-refractivity contribution is 5.72. The Kier molecular flexibility index (Phi) is 6.15. The second kappa shape index (κ2) is 7.63. The second-order valence-electron chi connectivity index (χ2n) is 4.34. The van der Waals surface area contributed by atoms with Crippen LogP contribution >= 0.6 is 0 Å². The number of unbranched alkanes of at least 4 members (excludes halogenated alkanes) is 2. The number of hydrogen-bond acceptors (Lipinski definition) is 4. The SMILES string of the molecule is CCCCCOc1ccc([C@@H]([NH3+])C(=O)[O-])cc1OC. The summed E-state index contributed by atoms with van der Waals surface area (Å²) in [5, 5.41) is 10.8. The third-order valence-electron chi connectivity index (χ3n) is 2.88. The molecule has 0 radical (unpaired) electrons. The Morgan fingerprint density at radius 2 is 2.11 bits per heavy atom. The number of carbonyl (C=O) groups is 1. The molecule has 19 heavy (non-hydrogen) atoms. The van der Waals surface area contributed by atoms with E-state index in [9.17, 15) is 9.90 Å². The number of carbonyl (C=O) groups excluding carboxylic acids is 1. The van der Waals surface area contributed by atoms with Gasteiger partial charge < -0.3 is 25.1 Å². The number of quaternary nitrogens is 1. The number of methoxy groups -OCH3 is 1. The Bertz CT molecular complexity index is 420. The van der Waals surface area contributed by atoms with Crippen LogP contribution in [0.3, 0.4) is 0 Å². The lowest BCUT2D eigenvalue weighted by Gasteiger charge is -2.14. The molecule has 3 N–H and O–H groups in total. The first kappa shape index (κ1) is 15.3. The van der Waals surface area contributed by atoms with Crippen LogP contribution < -0.4 is 20.3 Å². The van der Waals surface area contributed by atoms with Crippen LogP contribution in [0.15, 0.2) is 18.2 Å². The molecule has 0 spiro atoms. The number of carboxylic acids is 1. The maximum Gasteiger partial charge on any atom is 0.161 e. The van der Waals surface area contributed by atoms with Crippen LogP contribution in [0.1, 0.15) is 37.8 Å². The van der Waals surface area contributed by atoms with Gasteiger partial charge in [0.05, 0.1) is 13.7 Å². The van der Waals surface area contributed by atoms with Gasteiger partial charge in [0.2, 0.25) is 0 Å². The fraction of sp³-hybridized carbons (Fsp3) is 0.500. The minimum absolute atomic E-state index is 0.517. The van der Waals surface area contributed by atoms with Crippen molar-refractivity contribution in [2.24, 2.45) is 0 Å². The molecule has 0 unspecified atom stereocenters. The number of hydrogen-bond donors (Lipinski definition) is 1. The van der Waals surface area contributed by atoms with Gasteiger partial charge in [-0.15, -0.1) is 0 Å². The molecule has 106 valence electrons. The average Bonchev–Trinajstić information content (AvgIpc) is 2.42. The lowest BCUT2D eigenvalue weighted by molar-refractivity contribution is -0.443. The molecule has 0 bridgehead atoms. The van der Waals surface area contributed by atoms with Crippen molar-refractivity contribution in [3.8, 4) is 11.5 Å². The molecule has 0 saturated heterocycles. The van der Waals surface area contributed by atoms with E-state index in [0.29, 0.717) is 23.7 Å². The van der Waals surface area contributed by atoms with E-state index in [1.54, 1.807) is 18.2 Å². The summed E-state index contributed by atoms with van der Waals surface area (Å²) < 4.78 is 10.8. The van der Waals surface area contributed by atoms with E-state index in [-0.39, 0.29) is 0 Å². The summed E-state index contributed by atoms with van der Waals surface area (Å²) in [7, 11) is 1.52. The number of ether oxygens (including phenoxy) is 2. The molecule has 1 aromatic carbocycles. The normalized spacial score (nSPS) is 11.9. The molecule has 5 nitrogen and oxygen atoms in total. The minimum atomic E-state index is -1.21. The third-order valence-corrected chi connectivity index (χ3v) is 2.88. The quantitative estimate of drug-likeness (QED) is 0.686. The monoisotopic (exact) mass is 267 g/mol. The predicted molar refractivity (Wildman–Crippen MR) is 68.7 cm³/mol. The number of benzene rings is 1. The summed E-state index contributed by atoms with van der Waals surface area (Å²) in [5.41, 5.74) is 4.08. The smallest absolute Gasteiger partial charge is 0.161 e. The first-order valence-electron chi connectivity index (χ1n) is 6.44. The van der Waals surface area contributed by atoms with Crippen molar-refractivity contribution in [2.45, 2.75) is 32.2 Å². The van der Waals surface area contributed by atoms with Gasteiger partial charge in [0.25, 0.3) is 0 Å². The average molecular weight is 267 g/mol. The van der Waals surface area contributed by atoms with Crippen molar-refractivity contribution >= 4 is 5.97 Å². The van der Waals surface area contributed by atoms with Crippen LogP contribution in [-0.2, 0) is 4.79 Å². The lowest BCUT2D eigenvalue weighted by atomic mass is 10.1. The van der Waals surface area contributed by atoms with Gasteiger partial charge in [0.1, 0.15) is 5.97 Å². The molecule has 0 aromatic heterocycles. The van der Waals surface area contributed by atoms with Gasteiger partial charge in [-0.05, 0) is 24.6 Å². The van der Waals surface area contributed by atoms with Gasteiger partial charge in [-0.2, -0.15) is 0 Å². The molecule has 1 rings (SSSR count). The Labute approximate surface area is 113 Å². The van der Waals surface area contributed by atoms with Crippen LogP contribution in [0.2, 0.25) is 0 Å². The van der Waals surface area contributed by atoms with E-state index in [4.69, 9.17) is 9.47 Å². The summed E-state index contributed by atoms with van der Waals surface area (Å²) in [4.78, 5) is 10.8. The van der Waals surface area contributed by atoms with E-state index < -0.39 is 12.0 Å². The summed E-state index contributed by atoms with van der Waals surface area (Å²) in [5.74, 6) is -0.0736. The zero-order chi connectivity index (χ0) is 14.3. The van der Waals surface area contributed by atoms with Crippen molar-refractivity contribution in [2.75, 3.05) is 13.7 Å². The topological polar surface area (TPSA) is 86.2 Å². The molecule has 0 amide bonds. The number of aliphatic carboxylic acids is 1. The maximum atomic E-state index is 10.8. The molecule has 1 atom stereocenters. The molecule has 0 fully saturated rings. The van der Waals surface area contributed by atoms with Gasteiger partial charge >= 0.3 is 0 Å². The van der Waals surface area contributed by atoms with Gasteiger partial charge in [0.15, 0.2) is 17.5 Å². The van der Waals surface area contributed by atoms with Gasteiger partial charge in [-0.3, -0.25) is 0 Å². The fourth-order valence-corrected chi connectivity index (χ4v) is 1.69. The van der Waals surface area contributed by atoms with Gasteiger partial charge in [-0.25, -0.2) is 0 Å². The zero-order valence-corrected chi connectivity index (χ0v) is 11.5.